The number of carbonyl (C=O) groups excluding carboxylic acids is 1. The average molecular weight is 391 g/mol. The summed E-state index contributed by atoms with van der Waals surface area (Å²) < 4.78 is 17.9. The minimum atomic E-state index is -0.507. The molecule has 0 bridgehead atoms. The van der Waals surface area contributed by atoms with Crippen molar-refractivity contribution in [3.63, 3.8) is 0 Å². The molecule has 2 saturated carbocycles. The van der Waals surface area contributed by atoms with Crippen LogP contribution in [0, 0.1) is 23.2 Å². The van der Waals surface area contributed by atoms with Crippen molar-refractivity contribution in [1.82, 2.24) is 0 Å². The van der Waals surface area contributed by atoms with Crippen LogP contribution >= 0.6 is 0 Å². The van der Waals surface area contributed by atoms with Gasteiger partial charge < -0.3 is 14.2 Å². The Labute approximate surface area is 170 Å². The Kier molecular flexibility index (Phi) is 5.76. The summed E-state index contributed by atoms with van der Waals surface area (Å²) in [7, 11) is 0. The molecule has 0 radical (unpaired) electrons. The number of ether oxygens (including phenoxy) is 3. The van der Waals surface area contributed by atoms with E-state index in [0.29, 0.717) is 49.3 Å². The summed E-state index contributed by atoms with van der Waals surface area (Å²) in [6.07, 6.45) is 8.39. The first-order valence-corrected chi connectivity index (χ1v) is 11.5. The number of carbonyl (C=O) groups is 1. The number of allylic oxidation sites excluding steroid dienone is 2. The fourth-order valence-corrected chi connectivity index (χ4v) is 6.37. The molecule has 1 saturated heterocycles. The maximum atomic E-state index is 12.8. The molecule has 4 rings (SSSR count). The van der Waals surface area contributed by atoms with E-state index >= 15 is 0 Å². The minimum Gasteiger partial charge on any atom is -0.377 e. The Morgan fingerprint density at radius 1 is 1.11 bits per heavy atom. The highest BCUT2D eigenvalue weighted by molar-refractivity contribution is 5.97. The monoisotopic (exact) mass is 390 g/mol. The van der Waals surface area contributed by atoms with Gasteiger partial charge in [-0.25, -0.2) is 0 Å². The second-order valence-corrected chi connectivity index (χ2v) is 10.3. The minimum absolute atomic E-state index is 0.276. The topological polar surface area (TPSA) is 44.8 Å². The van der Waals surface area contributed by atoms with Gasteiger partial charge in [0.05, 0.1) is 19.3 Å². The summed E-state index contributed by atoms with van der Waals surface area (Å²) in [6.45, 7) is 11.1. The van der Waals surface area contributed by atoms with E-state index in [9.17, 15) is 4.79 Å². The predicted octanol–water partition coefficient (Wildman–Crippen LogP) is 5.06. The third-order valence-electron chi connectivity index (χ3n) is 7.95. The molecular formula is C24H38O4. The molecule has 4 nitrogen and oxygen atoms in total. The summed E-state index contributed by atoms with van der Waals surface area (Å²) in [5.41, 5.74) is 2.87. The second kappa shape index (κ2) is 7.85. The zero-order valence-corrected chi connectivity index (χ0v) is 18.2. The van der Waals surface area contributed by atoms with Gasteiger partial charge in [-0.05, 0) is 74.2 Å². The molecular weight excluding hydrogens is 352 g/mol. The highest BCUT2D eigenvalue weighted by atomic mass is 16.7. The number of fused-ring (bicyclic) bond motifs is 3. The lowest BCUT2D eigenvalue weighted by molar-refractivity contribution is -0.146. The lowest BCUT2D eigenvalue weighted by Gasteiger charge is -2.48. The van der Waals surface area contributed by atoms with E-state index in [-0.39, 0.29) is 5.41 Å². The summed E-state index contributed by atoms with van der Waals surface area (Å²) in [5.74, 6) is 1.71. The van der Waals surface area contributed by atoms with E-state index in [0.717, 1.165) is 44.3 Å². The molecule has 3 aliphatic carbocycles. The Bertz CT molecular complexity index is 631. The van der Waals surface area contributed by atoms with Crippen LogP contribution in [0.5, 0.6) is 0 Å². The number of rotatable bonds is 6. The molecule has 3 fully saturated rings. The molecule has 0 aromatic heterocycles. The van der Waals surface area contributed by atoms with E-state index in [2.05, 4.69) is 20.8 Å². The van der Waals surface area contributed by atoms with E-state index < -0.39 is 5.79 Å². The van der Waals surface area contributed by atoms with Gasteiger partial charge in [0.15, 0.2) is 11.6 Å². The quantitative estimate of drug-likeness (QED) is 0.636. The highest BCUT2D eigenvalue weighted by Crippen LogP contribution is 2.59. The number of hydrogen-bond donors (Lipinski definition) is 0. The van der Waals surface area contributed by atoms with Crippen LogP contribution in [0.15, 0.2) is 11.1 Å². The number of ketones is 1. The fraction of sp³-hybridized carbons (Fsp3) is 0.875. The first kappa shape index (κ1) is 20.6. The standard InChI is InChI=1S/C24H38O4/c1-16(2)15-26-22-8-6-20-18-5-7-21(25)19(17(18)9-11-23(20,22)3)10-12-24(4)27-13-14-28-24/h16,18,20,22H,5-15H2,1-4H3. The van der Waals surface area contributed by atoms with Gasteiger partial charge in [0.25, 0.3) is 0 Å². The van der Waals surface area contributed by atoms with E-state index in [4.69, 9.17) is 14.2 Å². The van der Waals surface area contributed by atoms with Crippen molar-refractivity contribution in [2.45, 2.75) is 91.0 Å². The lowest BCUT2D eigenvalue weighted by Crippen LogP contribution is -2.43. The molecule has 4 atom stereocenters. The smallest absolute Gasteiger partial charge is 0.166 e. The van der Waals surface area contributed by atoms with Crippen molar-refractivity contribution in [2.75, 3.05) is 19.8 Å². The summed E-state index contributed by atoms with van der Waals surface area (Å²) in [4.78, 5) is 12.8. The van der Waals surface area contributed by atoms with E-state index in [1.165, 1.54) is 18.4 Å². The molecule has 0 N–H and O–H groups in total. The van der Waals surface area contributed by atoms with E-state index in [1.54, 1.807) is 0 Å². The Morgan fingerprint density at radius 3 is 2.57 bits per heavy atom. The molecule has 0 aromatic rings. The maximum absolute atomic E-state index is 12.8. The van der Waals surface area contributed by atoms with Crippen LogP contribution in [0.1, 0.15) is 79.1 Å². The van der Waals surface area contributed by atoms with Gasteiger partial charge in [0, 0.05) is 19.4 Å². The van der Waals surface area contributed by atoms with Crippen LogP contribution in [0.2, 0.25) is 0 Å². The first-order valence-electron chi connectivity index (χ1n) is 11.5. The van der Waals surface area contributed by atoms with Gasteiger partial charge in [-0.1, -0.05) is 26.3 Å². The molecule has 4 heteroatoms. The van der Waals surface area contributed by atoms with Crippen molar-refractivity contribution >= 4 is 5.78 Å². The fourth-order valence-electron chi connectivity index (χ4n) is 6.37. The molecule has 0 amide bonds. The molecule has 0 spiro atoms. The van der Waals surface area contributed by atoms with Gasteiger partial charge in [-0.15, -0.1) is 0 Å². The maximum Gasteiger partial charge on any atom is 0.166 e. The lowest BCUT2D eigenvalue weighted by atomic mass is 9.58. The van der Waals surface area contributed by atoms with Crippen molar-refractivity contribution in [2.24, 2.45) is 23.2 Å². The largest absolute Gasteiger partial charge is 0.377 e. The van der Waals surface area contributed by atoms with E-state index in [1.807, 2.05) is 6.92 Å². The molecule has 4 unspecified atom stereocenters. The van der Waals surface area contributed by atoms with Crippen LogP contribution in [0.25, 0.3) is 0 Å². The molecule has 0 aromatic carbocycles. The summed E-state index contributed by atoms with van der Waals surface area (Å²) in [6, 6.07) is 0. The Balaban J connectivity index is 1.51. The molecule has 28 heavy (non-hydrogen) atoms. The molecule has 1 heterocycles. The van der Waals surface area contributed by atoms with Gasteiger partial charge in [-0.2, -0.15) is 0 Å². The second-order valence-electron chi connectivity index (χ2n) is 10.3. The molecule has 4 aliphatic rings. The summed E-state index contributed by atoms with van der Waals surface area (Å²) >= 11 is 0. The highest BCUT2D eigenvalue weighted by Gasteiger charge is 2.54. The van der Waals surface area contributed by atoms with Crippen molar-refractivity contribution in [3.05, 3.63) is 11.1 Å². The van der Waals surface area contributed by atoms with Gasteiger partial charge in [0.1, 0.15) is 0 Å². The number of hydrogen-bond acceptors (Lipinski definition) is 4. The average Bonchev–Trinajstić information content (AvgIpc) is 3.22. The third-order valence-corrected chi connectivity index (χ3v) is 7.95. The molecule has 1 aliphatic heterocycles. The van der Waals surface area contributed by atoms with Gasteiger partial charge in [-0.3, -0.25) is 4.79 Å². The van der Waals surface area contributed by atoms with Gasteiger partial charge in [0.2, 0.25) is 0 Å². The predicted molar refractivity (Wildman–Crippen MR) is 109 cm³/mol. The van der Waals surface area contributed by atoms with Crippen LogP contribution in [0.3, 0.4) is 0 Å². The van der Waals surface area contributed by atoms with Crippen LogP contribution in [-0.2, 0) is 19.0 Å². The molecule has 158 valence electrons. The van der Waals surface area contributed by atoms with Crippen molar-refractivity contribution in [3.8, 4) is 0 Å². The van der Waals surface area contributed by atoms with Gasteiger partial charge >= 0.3 is 0 Å². The first-order chi connectivity index (χ1) is 13.3. The van der Waals surface area contributed by atoms with Crippen LogP contribution in [0.4, 0.5) is 0 Å². The normalized spacial score (nSPS) is 37.5. The number of Topliss-reactive ketones (excluding diaryl/α,β-unsaturated/α-hetero) is 1. The third kappa shape index (κ3) is 3.73. The van der Waals surface area contributed by atoms with Crippen LogP contribution in [-0.4, -0.2) is 37.5 Å². The zero-order valence-electron chi connectivity index (χ0n) is 18.2. The SMILES string of the molecule is CC(C)COC1CCC2C3CCC(=O)C(CCC4(C)OCCO4)=C3CCC12C. The van der Waals surface area contributed by atoms with Crippen molar-refractivity contribution in [1.29, 1.82) is 0 Å². The Morgan fingerprint density at radius 2 is 1.86 bits per heavy atom. The zero-order chi connectivity index (χ0) is 19.9. The van der Waals surface area contributed by atoms with Crippen LogP contribution < -0.4 is 0 Å². The summed E-state index contributed by atoms with van der Waals surface area (Å²) in [5, 5.41) is 0. The Hall–Kier alpha value is -0.710. The van der Waals surface area contributed by atoms with Crippen molar-refractivity contribution < 1.29 is 19.0 Å².